The Morgan fingerprint density at radius 2 is 1.60 bits per heavy atom. The minimum atomic E-state index is -0.230. The number of aromatic nitrogens is 1. The average molecular weight is 534 g/mol. The molecule has 1 aliphatic heterocycles. The van der Waals surface area contributed by atoms with Crippen LogP contribution in [0.1, 0.15) is 0 Å². The van der Waals surface area contributed by atoms with Crippen LogP contribution < -0.4 is 29.2 Å². The maximum Gasteiger partial charge on any atom is 0.326 e. The number of methoxy groups -OCH3 is 2. The zero-order valence-corrected chi connectivity index (χ0v) is 22.1. The first-order chi connectivity index (χ1) is 19.6. The molecule has 200 valence electrons. The fraction of sp³-hybridized carbons (Fsp3) is 0.125. The number of urea groups is 1. The van der Waals surface area contributed by atoms with E-state index in [0.29, 0.717) is 58.8 Å². The van der Waals surface area contributed by atoms with E-state index in [1.165, 1.54) is 0 Å². The number of fused-ring (bicyclic) bond motifs is 2. The van der Waals surface area contributed by atoms with E-state index in [9.17, 15) is 4.79 Å². The number of amides is 2. The summed E-state index contributed by atoms with van der Waals surface area (Å²) in [7, 11) is 3.17. The number of benzene rings is 4. The molecule has 0 spiro atoms. The summed E-state index contributed by atoms with van der Waals surface area (Å²) >= 11 is 0. The molecule has 5 aromatic rings. The molecule has 2 amide bonds. The quantitative estimate of drug-likeness (QED) is 0.250. The van der Waals surface area contributed by atoms with Gasteiger partial charge in [0.05, 0.1) is 32.0 Å². The van der Waals surface area contributed by atoms with Crippen molar-refractivity contribution in [2.24, 2.45) is 0 Å². The van der Waals surface area contributed by atoms with Gasteiger partial charge in [0.2, 0.25) is 0 Å². The van der Waals surface area contributed by atoms with Crippen molar-refractivity contribution < 1.29 is 23.7 Å². The van der Waals surface area contributed by atoms with Crippen molar-refractivity contribution in [2.75, 3.05) is 37.6 Å². The highest BCUT2D eigenvalue weighted by Gasteiger charge is 2.25. The second-order valence-corrected chi connectivity index (χ2v) is 9.14. The molecule has 0 aliphatic carbocycles. The van der Waals surface area contributed by atoms with Gasteiger partial charge in [-0.05, 0) is 47.5 Å². The summed E-state index contributed by atoms with van der Waals surface area (Å²) in [5, 5.41) is 3.77. The van der Waals surface area contributed by atoms with E-state index in [2.05, 4.69) is 22.4 Å². The van der Waals surface area contributed by atoms with E-state index >= 15 is 0 Å². The summed E-state index contributed by atoms with van der Waals surface area (Å²) in [6, 6.07) is 28.6. The van der Waals surface area contributed by atoms with Gasteiger partial charge in [-0.15, -0.1) is 0 Å². The Morgan fingerprint density at radius 3 is 2.38 bits per heavy atom. The van der Waals surface area contributed by atoms with Gasteiger partial charge in [0, 0.05) is 29.4 Å². The molecule has 2 heterocycles. The van der Waals surface area contributed by atoms with Crippen LogP contribution in [0.15, 0.2) is 97.2 Å². The maximum atomic E-state index is 13.2. The molecule has 1 aromatic heterocycles. The fourth-order valence-corrected chi connectivity index (χ4v) is 4.71. The van der Waals surface area contributed by atoms with Gasteiger partial charge in [0.1, 0.15) is 23.9 Å². The van der Waals surface area contributed by atoms with Crippen LogP contribution >= 0.6 is 0 Å². The number of pyridine rings is 1. The molecule has 8 heteroatoms. The first kappa shape index (κ1) is 25.1. The molecule has 0 saturated carbocycles. The van der Waals surface area contributed by atoms with Crippen LogP contribution in [0.25, 0.3) is 22.0 Å². The van der Waals surface area contributed by atoms with Gasteiger partial charge < -0.3 is 24.3 Å². The number of nitrogens with one attached hydrogen (secondary N) is 1. The standard InChI is InChI=1S/C32H27N3O5/c1-37-30-19-25-26(20-31(30)38-2)33-15-14-28(25)40-24-12-13-27-29(18-24)39-17-16-35(27)32(36)34-23-10-8-22(9-11-23)21-6-4-3-5-7-21/h3-15,18-20H,16-17H2,1-2H3,(H,34,36). The van der Waals surface area contributed by atoms with Gasteiger partial charge >= 0.3 is 6.03 Å². The highest BCUT2D eigenvalue weighted by molar-refractivity contribution is 6.03. The molecule has 0 fully saturated rings. The van der Waals surface area contributed by atoms with Gasteiger partial charge in [-0.25, -0.2) is 4.79 Å². The van der Waals surface area contributed by atoms with Crippen LogP contribution in [0.4, 0.5) is 16.2 Å². The number of nitrogens with zero attached hydrogens (tertiary/aromatic N) is 2. The molecule has 6 rings (SSSR count). The molecule has 1 aliphatic rings. The molecular weight excluding hydrogens is 506 g/mol. The first-order valence-corrected chi connectivity index (χ1v) is 12.8. The predicted octanol–water partition coefficient (Wildman–Crippen LogP) is 7.14. The molecule has 40 heavy (non-hydrogen) atoms. The van der Waals surface area contributed by atoms with Crippen molar-refractivity contribution in [3.8, 4) is 39.9 Å². The van der Waals surface area contributed by atoms with E-state index in [4.69, 9.17) is 18.9 Å². The van der Waals surface area contributed by atoms with Crippen LogP contribution in [0.2, 0.25) is 0 Å². The summed E-state index contributed by atoms with van der Waals surface area (Å²) in [5.41, 5.74) is 4.31. The molecule has 0 unspecified atom stereocenters. The third-order valence-electron chi connectivity index (χ3n) is 6.72. The summed E-state index contributed by atoms with van der Waals surface area (Å²) in [6.07, 6.45) is 1.68. The maximum absolute atomic E-state index is 13.2. The minimum Gasteiger partial charge on any atom is -0.493 e. The van der Waals surface area contributed by atoms with Crippen molar-refractivity contribution in [3.63, 3.8) is 0 Å². The van der Waals surface area contributed by atoms with Crippen LogP contribution in [-0.2, 0) is 0 Å². The van der Waals surface area contributed by atoms with E-state index < -0.39 is 0 Å². The van der Waals surface area contributed by atoms with E-state index in [-0.39, 0.29) is 6.03 Å². The van der Waals surface area contributed by atoms with Crippen molar-refractivity contribution >= 4 is 28.3 Å². The Balaban J connectivity index is 1.20. The lowest BCUT2D eigenvalue weighted by Gasteiger charge is -2.30. The lowest BCUT2D eigenvalue weighted by molar-refractivity contribution is 0.250. The largest absolute Gasteiger partial charge is 0.493 e. The third-order valence-corrected chi connectivity index (χ3v) is 6.72. The van der Waals surface area contributed by atoms with E-state index in [0.717, 1.165) is 16.5 Å². The zero-order chi connectivity index (χ0) is 27.5. The Bertz CT molecular complexity index is 1670. The number of ether oxygens (including phenoxy) is 4. The van der Waals surface area contributed by atoms with Gasteiger partial charge in [0.25, 0.3) is 0 Å². The lowest BCUT2D eigenvalue weighted by Crippen LogP contribution is -2.40. The van der Waals surface area contributed by atoms with Crippen molar-refractivity contribution in [3.05, 3.63) is 97.2 Å². The summed E-state index contributed by atoms with van der Waals surface area (Å²) in [4.78, 5) is 19.3. The molecule has 4 aromatic carbocycles. The first-order valence-electron chi connectivity index (χ1n) is 12.8. The molecule has 1 N–H and O–H groups in total. The highest BCUT2D eigenvalue weighted by atomic mass is 16.5. The van der Waals surface area contributed by atoms with Gasteiger partial charge in [-0.3, -0.25) is 9.88 Å². The van der Waals surface area contributed by atoms with E-state index in [1.54, 1.807) is 37.4 Å². The highest BCUT2D eigenvalue weighted by Crippen LogP contribution is 2.40. The van der Waals surface area contributed by atoms with Crippen LogP contribution in [0, 0.1) is 0 Å². The van der Waals surface area contributed by atoms with Crippen LogP contribution in [0.5, 0.6) is 28.7 Å². The number of hydrogen-bond acceptors (Lipinski definition) is 6. The summed E-state index contributed by atoms with van der Waals surface area (Å²) < 4.78 is 23.0. The smallest absolute Gasteiger partial charge is 0.326 e. The monoisotopic (exact) mass is 533 g/mol. The molecule has 0 saturated heterocycles. The number of hydrogen-bond donors (Lipinski definition) is 1. The topological polar surface area (TPSA) is 82.2 Å². The minimum absolute atomic E-state index is 0.230. The van der Waals surface area contributed by atoms with Crippen molar-refractivity contribution in [1.29, 1.82) is 0 Å². The van der Waals surface area contributed by atoms with Gasteiger partial charge in [-0.1, -0.05) is 42.5 Å². The molecule has 0 bridgehead atoms. The second-order valence-electron chi connectivity index (χ2n) is 9.14. The molecule has 0 radical (unpaired) electrons. The molecule has 8 nitrogen and oxygen atoms in total. The SMILES string of the molecule is COc1cc2nccc(Oc3ccc4c(c3)OCCN4C(=O)Nc3ccc(-c4ccccc4)cc3)c2cc1OC. The summed E-state index contributed by atoms with van der Waals surface area (Å²) in [5.74, 6) is 2.91. The Hall–Kier alpha value is -5.24. The fourth-order valence-electron chi connectivity index (χ4n) is 4.71. The Labute approximate surface area is 231 Å². The predicted molar refractivity (Wildman–Crippen MR) is 155 cm³/mol. The molecular formula is C32H27N3O5. The number of rotatable bonds is 6. The van der Waals surface area contributed by atoms with Crippen LogP contribution in [-0.4, -0.2) is 38.4 Å². The summed E-state index contributed by atoms with van der Waals surface area (Å²) in [6.45, 7) is 0.795. The number of carbonyl (C=O) groups excluding carboxylic acids is 1. The Morgan fingerprint density at radius 1 is 0.850 bits per heavy atom. The number of carbonyl (C=O) groups is 1. The van der Waals surface area contributed by atoms with Crippen LogP contribution in [0.3, 0.4) is 0 Å². The third kappa shape index (κ3) is 4.94. The van der Waals surface area contributed by atoms with E-state index in [1.807, 2.05) is 66.7 Å². The molecule has 0 atom stereocenters. The zero-order valence-electron chi connectivity index (χ0n) is 22.1. The van der Waals surface area contributed by atoms with Crippen molar-refractivity contribution in [2.45, 2.75) is 0 Å². The second kappa shape index (κ2) is 10.9. The number of anilines is 2. The Kier molecular flexibility index (Phi) is 6.80. The average Bonchev–Trinajstić information content (AvgIpc) is 3.01. The lowest BCUT2D eigenvalue weighted by atomic mass is 10.1. The van der Waals surface area contributed by atoms with Crippen molar-refractivity contribution in [1.82, 2.24) is 4.98 Å². The van der Waals surface area contributed by atoms with Gasteiger partial charge in [0.15, 0.2) is 11.5 Å². The normalized spacial score (nSPS) is 12.3. The van der Waals surface area contributed by atoms with Gasteiger partial charge in [-0.2, -0.15) is 0 Å².